The first-order chi connectivity index (χ1) is 20.2. The van der Waals surface area contributed by atoms with Gasteiger partial charge in [0.15, 0.2) is 7.85 Å². The van der Waals surface area contributed by atoms with Gasteiger partial charge in [-0.2, -0.15) is 0 Å². The maximum Gasteiger partial charge on any atom is 0.265 e. The maximum atomic E-state index is 13.8. The average molecular weight is 585 g/mol. The zero-order valence-electron chi connectivity index (χ0n) is 25.3. The third kappa shape index (κ3) is 7.84. The lowest BCUT2D eigenvalue weighted by Crippen LogP contribution is -2.37. The molecule has 3 atom stereocenters. The van der Waals surface area contributed by atoms with Gasteiger partial charge in [0, 0.05) is 30.2 Å². The van der Waals surface area contributed by atoms with Gasteiger partial charge < -0.3 is 15.0 Å². The standard InChI is InChI=1S/C32H41BN5O3P/c1-5-13-37(14-6-2)15-16-38-29-24(17-25(19-35-29)28-12-11-26(20-34-28)41-32(33)42)18-27(31(38)40)30(39)36-22(4)23-9-7-21(3)8-10-23/h7-12,17-20,22,32H,5-6,13-16,33,42H2,1-4H3,(H,36,39). The number of hydrogen-bond donors (Lipinski definition) is 1. The molecule has 220 valence electrons. The highest BCUT2D eigenvalue weighted by Crippen LogP contribution is 2.24. The first-order valence-electron chi connectivity index (χ1n) is 14.7. The molecule has 0 spiro atoms. The van der Waals surface area contributed by atoms with Crippen LogP contribution in [0.4, 0.5) is 0 Å². The van der Waals surface area contributed by atoms with E-state index in [9.17, 15) is 9.59 Å². The quantitative estimate of drug-likeness (QED) is 0.183. The molecule has 0 saturated carbocycles. The van der Waals surface area contributed by atoms with Crippen LogP contribution in [-0.2, 0) is 6.54 Å². The first kappa shape index (κ1) is 31.4. The lowest BCUT2D eigenvalue weighted by molar-refractivity contribution is 0.0938. The summed E-state index contributed by atoms with van der Waals surface area (Å²) in [5.74, 6) is 0.245. The van der Waals surface area contributed by atoms with Gasteiger partial charge in [0.05, 0.1) is 23.7 Å². The number of nitrogens with zero attached hydrogens (tertiary/aromatic N) is 4. The number of aromatic nitrogens is 3. The summed E-state index contributed by atoms with van der Waals surface area (Å²) in [4.78, 5) is 39.0. The van der Waals surface area contributed by atoms with Gasteiger partial charge in [0.25, 0.3) is 11.5 Å². The van der Waals surface area contributed by atoms with Crippen molar-refractivity contribution in [3.63, 3.8) is 0 Å². The fraction of sp³-hybridized carbons (Fsp3) is 0.375. The molecule has 0 aliphatic carbocycles. The second kappa shape index (κ2) is 14.6. The maximum absolute atomic E-state index is 13.8. The van der Waals surface area contributed by atoms with Gasteiger partial charge in [-0.15, -0.1) is 9.24 Å². The van der Waals surface area contributed by atoms with E-state index in [4.69, 9.17) is 9.72 Å². The molecule has 0 aliphatic heterocycles. The molecule has 0 radical (unpaired) electrons. The Balaban J connectivity index is 1.72. The molecule has 4 aromatic rings. The number of fused-ring (bicyclic) bond motifs is 1. The van der Waals surface area contributed by atoms with Gasteiger partial charge in [-0.05, 0) is 69.6 Å². The fourth-order valence-electron chi connectivity index (χ4n) is 5.03. The number of pyridine rings is 3. The molecule has 1 aromatic carbocycles. The van der Waals surface area contributed by atoms with Crippen LogP contribution >= 0.6 is 9.24 Å². The molecule has 3 heterocycles. The highest BCUT2D eigenvalue weighted by molar-refractivity contribution is 7.20. The van der Waals surface area contributed by atoms with Gasteiger partial charge in [0.2, 0.25) is 0 Å². The summed E-state index contributed by atoms with van der Waals surface area (Å²) < 4.78 is 7.34. The summed E-state index contributed by atoms with van der Waals surface area (Å²) in [5, 5.41) is 3.73. The summed E-state index contributed by atoms with van der Waals surface area (Å²) >= 11 is 0. The number of nitrogens with one attached hydrogen (secondary N) is 1. The van der Waals surface area contributed by atoms with Crippen molar-refractivity contribution < 1.29 is 9.53 Å². The van der Waals surface area contributed by atoms with E-state index in [0.717, 1.165) is 48.3 Å². The molecule has 3 unspecified atom stereocenters. The molecule has 42 heavy (non-hydrogen) atoms. The third-order valence-electron chi connectivity index (χ3n) is 7.17. The molecule has 1 amide bonds. The van der Waals surface area contributed by atoms with Crippen LogP contribution in [0.1, 0.15) is 61.1 Å². The van der Waals surface area contributed by atoms with E-state index in [1.807, 2.05) is 64.2 Å². The van der Waals surface area contributed by atoms with Crippen molar-refractivity contribution in [1.29, 1.82) is 0 Å². The lowest BCUT2D eigenvalue weighted by Gasteiger charge is -2.22. The molecule has 4 rings (SSSR count). The average Bonchev–Trinajstić information content (AvgIpc) is 2.96. The topological polar surface area (TPSA) is 89.3 Å². The minimum atomic E-state index is -0.403. The van der Waals surface area contributed by atoms with Crippen molar-refractivity contribution in [2.45, 2.75) is 58.9 Å². The van der Waals surface area contributed by atoms with Crippen LogP contribution in [0.15, 0.2) is 65.7 Å². The Kier molecular flexibility index (Phi) is 10.9. The number of benzene rings is 1. The summed E-state index contributed by atoms with van der Waals surface area (Å²) in [6.07, 6.45) is 5.48. The Morgan fingerprint density at radius 3 is 2.38 bits per heavy atom. The number of amides is 1. The number of ether oxygens (including phenoxy) is 1. The van der Waals surface area contributed by atoms with E-state index < -0.39 is 5.91 Å². The highest BCUT2D eigenvalue weighted by atomic mass is 31.0. The van der Waals surface area contributed by atoms with E-state index in [0.29, 0.717) is 29.9 Å². The van der Waals surface area contributed by atoms with Crippen LogP contribution in [0, 0.1) is 6.92 Å². The van der Waals surface area contributed by atoms with Crippen molar-refractivity contribution in [1.82, 2.24) is 24.8 Å². The van der Waals surface area contributed by atoms with Crippen LogP contribution in [0.2, 0.25) is 0 Å². The predicted octanol–water partition coefficient (Wildman–Crippen LogP) is 4.55. The molecule has 0 fully saturated rings. The number of hydrogen-bond acceptors (Lipinski definition) is 6. The smallest absolute Gasteiger partial charge is 0.265 e. The number of carbonyl (C=O) groups excluding carboxylic acids is 1. The normalized spacial score (nSPS) is 12.8. The molecule has 0 bridgehead atoms. The first-order valence-corrected chi connectivity index (χ1v) is 15.4. The lowest BCUT2D eigenvalue weighted by atomic mass is 10.1. The Morgan fingerprint density at radius 2 is 1.76 bits per heavy atom. The predicted molar refractivity (Wildman–Crippen MR) is 176 cm³/mol. The largest absolute Gasteiger partial charge is 0.494 e. The van der Waals surface area contributed by atoms with E-state index in [2.05, 4.69) is 38.3 Å². The Bertz CT molecular complexity index is 1550. The van der Waals surface area contributed by atoms with Crippen molar-refractivity contribution in [3.05, 3.63) is 88.0 Å². The van der Waals surface area contributed by atoms with Crippen LogP contribution in [0.3, 0.4) is 0 Å². The van der Waals surface area contributed by atoms with Gasteiger partial charge in [-0.3, -0.25) is 19.1 Å². The SMILES string of the molecule is BC(P)Oc1ccc(-c2cnc3c(c2)cc(C(=O)NC(C)c2ccc(C)cc2)c(=O)n3CCN(CCC)CCC)nc1. The zero-order valence-corrected chi connectivity index (χ0v) is 26.4. The van der Waals surface area contributed by atoms with Gasteiger partial charge >= 0.3 is 0 Å². The number of carbonyl (C=O) groups is 1. The molecule has 8 nitrogen and oxygen atoms in total. The van der Waals surface area contributed by atoms with Crippen LogP contribution < -0.4 is 15.6 Å². The molecular formula is C32H41BN5O3P. The highest BCUT2D eigenvalue weighted by Gasteiger charge is 2.20. The summed E-state index contributed by atoms with van der Waals surface area (Å²) in [5.41, 5.74) is 3.95. The Hall–Kier alpha value is -3.55. The van der Waals surface area contributed by atoms with E-state index >= 15 is 0 Å². The number of aryl methyl sites for hydroxylation is 1. The summed E-state index contributed by atoms with van der Waals surface area (Å²) in [6, 6.07) is 15.1. The summed E-state index contributed by atoms with van der Waals surface area (Å²) in [7, 11) is 4.53. The van der Waals surface area contributed by atoms with Crippen molar-refractivity contribution in [3.8, 4) is 17.0 Å². The fourth-order valence-corrected chi connectivity index (χ4v) is 5.19. The molecule has 0 saturated heterocycles. The van der Waals surface area contributed by atoms with Gasteiger partial charge in [-0.1, -0.05) is 43.7 Å². The molecule has 0 aliphatic rings. The Labute approximate surface area is 251 Å². The second-order valence-corrected chi connectivity index (χ2v) is 11.7. The Morgan fingerprint density at radius 1 is 1.05 bits per heavy atom. The van der Waals surface area contributed by atoms with Crippen LogP contribution in [0.25, 0.3) is 22.3 Å². The van der Waals surface area contributed by atoms with Gasteiger partial charge in [0.1, 0.15) is 17.0 Å². The molecule has 3 aromatic heterocycles. The van der Waals surface area contributed by atoms with Crippen molar-refractivity contribution >= 4 is 34.0 Å². The van der Waals surface area contributed by atoms with E-state index in [-0.39, 0.29) is 22.9 Å². The molecular weight excluding hydrogens is 544 g/mol. The van der Waals surface area contributed by atoms with Crippen LogP contribution in [-0.4, -0.2) is 58.6 Å². The molecule has 10 heteroatoms. The molecule has 1 N–H and O–H groups in total. The second-order valence-electron chi connectivity index (χ2n) is 10.8. The zero-order chi connectivity index (χ0) is 30.2. The van der Waals surface area contributed by atoms with Crippen molar-refractivity contribution in [2.75, 3.05) is 19.6 Å². The summed E-state index contributed by atoms with van der Waals surface area (Å²) in [6.45, 7) is 11.3. The van der Waals surface area contributed by atoms with Crippen molar-refractivity contribution in [2.24, 2.45) is 0 Å². The monoisotopic (exact) mass is 585 g/mol. The van der Waals surface area contributed by atoms with E-state index in [1.165, 1.54) is 0 Å². The minimum Gasteiger partial charge on any atom is -0.494 e. The van der Waals surface area contributed by atoms with Gasteiger partial charge in [-0.25, -0.2) is 4.98 Å². The van der Waals surface area contributed by atoms with Crippen LogP contribution in [0.5, 0.6) is 5.75 Å². The van der Waals surface area contributed by atoms with E-state index in [1.54, 1.807) is 23.0 Å². The number of rotatable bonds is 13. The third-order valence-corrected chi connectivity index (χ3v) is 7.31. The minimum absolute atomic E-state index is 0.0272.